The van der Waals surface area contributed by atoms with Crippen molar-refractivity contribution in [1.82, 2.24) is 5.32 Å². The van der Waals surface area contributed by atoms with Crippen molar-refractivity contribution < 1.29 is 33.0 Å². The maximum atomic E-state index is 12.9. The highest BCUT2D eigenvalue weighted by Gasteiger charge is 2.59. The third-order valence-electron chi connectivity index (χ3n) is 13.9. The summed E-state index contributed by atoms with van der Waals surface area (Å²) in [5.41, 5.74) is 1.55. The molecule has 0 aromatic carbocycles. The number of alkyl carbamates (subject to hydrolysis) is 1. The molecule has 0 heterocycles. The molecule has 1 amide bonds. The topological polar surface area (TPSA) is 103 Å². The molecule has 0 bridgehead atoms. The maximum absolute atomic E-state index is 12.9. The van der Waals surface area contributed by atoms with E-state index in [-0.39, 0.29) is 36.4 Å². The first-order valence-electron chi connectivity index (χ1n) is 20.6. The van der Waals surface area contributed by atoms with Crippen LogP contribution in [-0.4, -0.2) is 61.3 Å². The van der Waals surface area contributed by atoms with Crippen LogP contribution in [-0.2, 0) is 23.3 Å². The van der Waals surface area contributed by atoms with E-state index in [1.54, 1.807) is 5.57 Å². The minimum Gasteiger partial charge on any atom is -0.446 e. The molecule has 4 aliphatic rings. The standard InChI is InChI=1S/C42H76NO7P/c1-30(2)13-11-14-31(3)35-17-18-36-34-16-15-32-29-33(19-22-41(32,8)37(34)20-23-42(35,36)9)50-38(44)43-25-12-21-39(4,5)47-26-24-40(6,7)48-27-28-49-51(10,45)46/h15,30-31,33-37H,11-14,16-29H2,1-10H3,(H,43,44)(H,45,46). The third-order valence-corrected chi connectivity index (χ3v) is 14.5. The van der Waals surface area contributed by atoms with Crippen LogP contribution >= 0.6 is 7.60 Å². The molecule has 4 aliphatic carbocycles. The smallest absolute Gasteiger partial charge is 0.407 e. The van der Waals surface area contributed by atoms with Gasteiger partial charge in [-0.1, -0.05) is 65.5 Å². The second kappa shape index (κ2) is 17.7. The van der Waals surface area contributed by atoms with Gasteiger partial charge in [-0.25, -0.2) is 4.79 Å². The van der Waals surface area contributed by atoms with E-state index in [1.165, 1.54) is 58.0 Å². The highest BCUT2D eigenvalue weighted by atomic mass is 31.2. The summed E-state index contributed by atoms with van der Waals surface area (Å²) in [6, 6.07) is 0. The summed E-state index contributed by atoms with van der Waals surface area (Å²) in [7, 11) is -3.49. The summed E-state index contributed by atoms with van der Waals surface area (Å²) in [5.74, 6) is 4.99. The first-order valence-corrected chi connectivity index (χ1v) is 22.6. The van der Waals surface area contributed by atoms with Gasteiger partial charge < -0.3 is 28.9 Å². The van der Waals surface area contributed by atoms with Gasteiger partial charge in [0.15, 0.2) is 0 Å². The lowest BCUT2D eigenvalue weighted by molar-refractivity contribution is -0.0792. The van der Waals surface area contributed by atoms with E-state index in [1.807, 2.05) is 13.8 Å². The fourth-order valence-corrected chi connectivity index (χ4v) is 11.3. The van der Waals surface area contributed by atoms with Crippen molar-refractivity contribution in [1.29, 1.82) is 0 Å². The number of carbonyl (C=O) groups is 1. The number of amides is 1. The van der Waals surface area contributed by atoms with Crippen LogP contribution in [0.4, 0.5) is 4.79 Å². The van der Waals surface area contributed by atoms with Gasteiger partial charge >= 0.3 is 13.7 Å². The minimum absolute atomic E-state index is 0.0377. The highest BCUT2D eigenvalue weighted by Crippen LogP contribution is 2.67. The predicted molar refractivity (Wildman–Crippen MR) is 207 cm³/mol. The second-order valence-electron chi connectivity index (χ2n) is 19.2. The fourth-order valence-electron chi connectivity index (χ4n) is 10.9. The Balaban J connectivity index is 1.16. The average Bonchev–Trinajstić information content (AvgIpc) is 3.38. The zero-order valence-electron chi connectivity index (χ0n) is 34.2. The van der Waals surface area contributed by atoms with Gasteiger partial charge in [-0.05, 0) is 138 Å². The van der Waals surface area contributed by atoms with Gasteiger partial charge in [-0.15, -0.1) is 0 Å². The van der Waals surface area contributed by atoms with Crippen LogP contribution in [0.3, 0.4) is 0 Å². The number of rotatable bonds is 19. The Bertz CT molecular complexity index is 1210. The zero-order valence-corrected chi connectivity index (χ0v) is 35.1. The normalized spacial score (nSPS) is 32.7. The molecule has 0 radical (unpaired) electrons. The molecule has 51 heavy (non-hydrogen) atoms. The van der Waals surface area contributed by atoms with Crippen molar-refractivity contribution in [3.05, 3.63) is 11.6 Å². The van der Waals surface area contributed by atoms with E-state index in [2.05, 4.69) is 59.9 Å². The van der Waals surface area contributed by atoms with E-state index in [0.29, 0.717) is 25.0 Å². The van der Waals surface area contributed by atoms with Crippen molar-refractivity contribution in [2.24, 2.45) is 46.3 Å². The lowest BCUT2D eigenvalue weighted by atomic mass is 9.47. The van der Waals surface area contributed by atoms with E-state index in [4.69, 9.17) is 18.7 Å². The molecule has 3 saturated carbocycles. The van der Waals surface area contributed by atoms with Crippen LogP contribution in [0.15, 0.2) is 11.6 Å². The number of ether oxygens (including phenoxy) is 3. The lowest BCUT2D eigenvalue weighted by Crippen LogP contribution is -2.51. The van der Waals surface area contributed by atoms with Gasteiger partial charge in [-0.2, -0.15) is 0 Å². The summed E-state index contributed by atoms with van der Waals surface area (Å²) in [4.78, 5) is 22.1. The predicted octanol–water partition coefficient (Wildman–Crippen LogP) is 10.7. The maximum Gasteiger partial charge on any atom is 0.407 e. The van der Waals surface area contributed by atoms with Crippen molar-refractivity contribution in [2.45, 2.75) is 170 Å². The average molecular weight is 738 g/mol. The summed E-state index contributed by atoms with van der Waals surface area (Å²) in [6.45, 7) is 23.2. The van der Waals surface area contributed by atoms with Crippen LogP contribution in [0, 0.1) is 46.3 Å². The molecule has 0 aromatic rings. The van der Waals surface area contributed by atoms with Crippen LogP contribution in [0.1, 0.15) is 152 Å². The largest absolute Gasteiger partial charge is 0.446 e. The Morgan fingerprint density at radius 3 is 2.35 bits per heavy atom. The summed E-state index contributed by atoms with van der Waals surface area (Å²) in [6.07, 6.45) is 18.5. The van der Waals surface area contributed by atoms with Crippen LogP contribution in [0.2, 0.25) is 0 Å². The molecule has 9 heteroatoms. The highest BCUT2D eigenvalue weighted by molar-refractivity contribution is 7.51. The zero-order chi connectivity index (χ0) is 37.7. The number of hydrogen-bond donors (Lipinski definition) is 2. The molecule has 4 rings (SSSR count). The number of hydrogen-bond acceptors (Lipinski definition) is 6. The van der Waals surface area contributed by atoms with Crippen molar-refractivity contribution in [3.63, 3.8) is 0 Å². The molecule has 0 aliphatic heterocycles. The molecule has 8 nitrogen and oxygen atoms in total. The fraction of sp³-hybridized carbons (Fsp3) is 0.929. The van der Waals surface area contributed by atoms with E-state index in [9.17, 15) is 14.3 Å². The summed E-state index contributed by atoms with van der Waals surface area (Å²) < 4.78 is 34.2. The molecule has 3 fully saturated rings. The Morgan fingerprint density at radius 1 is 0.941 bits per heavy atom. The first kappa shape index (κ1) is 42.8. The monoisotopic (exact) mass is 738 g/mol. The third kappa shape index (κ3) is 11.8. The molecule has 0 spiro atoms. The van der Waals surface area contributed by atoms with Crippen molar-refractivity contribution >= 4 is 13.7 Å². The van der Waals surface area contributed by atoms with Gasteiger partial charge in [0, 0.05) is 19.6 Å². The number of nitrogens with one attached hydrogen (secondary N) is 1. The molecule has 0 aromatic heterocycles. The van der Waals surface area contributed by atoms with E-state index < -0.39 is 13.2 Å². The lowest BCUT2D eigenvalue weighted by Gasteiger charge is -2.58. The van der Waals surface area contributed by atoms with Crippen LogP contribution < -0.4 is 5.32 Å². The Kier molecular flexibility index (Phi) is 14.9. The molecule has 9 unspecified atom stereocenters. The quantitative estimate of drug-likeness (QED) is 0.0773. The molecule has 2 N–H and O–H groups in total. The first-order chi connectivity index (χ1) is 23.7. The molecular formula is C42H76NO7P. The van der Waals surface area contributed by atoms with Crippen molar-refractivity contribution in [3.8, 4) is 0 Å². The second-order valence-corrected chi connectivity index (χ2v) is 21.1. The molecular weight excluding hydrogens is 661 g/mol. The van der Waals surface area contributed by atoms with Gasteiger partial charge in [0.1, 0.15) is 6.10 Å². The number of allylic oxidation sites excluding steroid dienone is 1. The Labute approximate surface area is 311 Å². The van der Waals surface area contributed by atoms with E-state index in [0.717, 1.165) is 67.6 Å². The molecule has 9 atom stereocenters. The van der Waals surface area contributed by atoms with Gasteiger partial charge in [0.25, 0.3) is 0 Å². The van der Waals surface area contributed by atoms with E-state index >= 15 is 0 Å². The number of carbonyl (C=O) groups excluding carboxylic acids is 1. The molecule has 0 saturated heterocycles. The van der Waals surface area contributed by atoms with Gasteiger partial charge in [-0.3, -0.25) is 4.57 Å². The van der Waals surface area contributed by atoms with Crippen LogP contribution in [0.25, 0.3) is 0 Å². The van der Waals surface area contributed by atoms with Gasteiger partial charge in [0.05, 0.1) is 31.0 Å². The summed E-state index contributed by atoms with van der Waals surface area (Å²) in [5, 5.41) is 3.00. The van der Waals surface area contributed by atoms with Crippen molar-refractivity contribution in [2.75, 3.05) is 33.0 Å². The SMILES string of the molecule is CC(C)CCCC(C)C1CCC2C3CC=C4CC(OC(=O)NCCCC(C)(C)OCCC(C)(C)OCCOP(C)(=O)O)CCC4(C)C3CCC12C. The van der Waals surface area contributed by atoms with Gasteiger partial charge in [0.2, 0.25) is 0 Å². The molecule has 296 valence electrons. The Hall–Kier alpha value is -0.920. The minimum atomic E-state index is -3.49. The number of fused-ring (bicyclic) bond motifs is 5. The van der Waals surface area contributed by atoms with Crippen LogP contribution in [0.5, 0.6) is 0 Å². The Morgan fingerprint density at radius 2 is 1.65 bits per heavy atom. The summed E-state index contributed by atoms with van der Waals surface area (Å²) >= 11 is 0.